The Labute approximate surface area is 138 Å². The van der Waals surface area contributed by atoms with Crippen LogP contribution in [0, 0.1) is 17.2 Å². The standard InChI is InChI=1S/C17H17ClFN3O/c18-13-6-12(3-4-14(13)19)22-9-17(10-22)7-11(8-17)16(23)15-2-1-5-20-21-15/h1-6,11,16,23H,7-10H2. The second kappa shape index (κ2) is 5.42. The Balaban J connectivity index is 1.35. The summed E-state index contributed by atoms with van der Waals surface area (Å²) in [5.74, 6) is -0.146. The SMILES string of the molecule is OC(c1cccnn1)C1CC2(C1)CN(c1ccc(F)c(Cl)c1)C2. The zero-order valence-electron chi connectivity index (χ0n) is 12.5. The predicted molar refractivity (Wildman–Crippen MR) is 85.8 cm³/mol. The molecule has 0 radical (unpaired) electrons. The van der Waals surface area contributed by atoms with E-state index in [1.807, 2.05) is 6.07 Å². The number of benzene rings is 1. The molecule has 0 bridgehead atoms. The van der Waals surface area contributed by atoms with Gasteiger partial charge in [-0.2, -0.15) is 10.2 Å². The summed E-state index contributed by atoms with van der Waals surface area (Å²) >= 11 is 5.84. The van der Waals surface area contributed by atoms with Gasteiger partial charge in [-0.05, 0) is 49.1 Å². The number of rotatable bonds is 3. The number of halogens is 2. The lowest BCUT2D eigenvalue weighted by atomic mass is 9.56. The van der Waals surface area contributed by atoms with E-state index >= 15 is 0 Å². The van der Waals surface area contributed by atoms with Crippen LogP contribution in [0.1, 0.15) is 24.6 Å². The van der Waals surface area contributed by atoms with Crippen molar-refractivity contribution in [1.29, 1.82) is 0 Å². The lowest BCUT2D eigenvalue weighted by Crippen LogP contribution is -2.63. The summed E-state index contributed by atoms with van der Waals surface area (Å²) in [6.45, 7) is 1.86. The molecule has 2 aliphatic rings. The molecule has 2 heterocycles. The zero-order chi connectivity index (χ0) is 16.0. The lowest BCUT2D eigenvalue weighted by Gasteiger charge is -2.60. The fraction of sp³-hybridized carbons (Fsp3) is 0.412. The summed E-state index contributed by atoms with van der Waals surface area (Å²) in [7, 11) is 0. The third-order valence-corrected chi connectivity index (χ3v) is 5.34. The fourth-order valence-electron chi connectivity index (χ4n) is 3.87. The van der Waals surface area contributed by atoms with Gasteiger partial charge in [0.2, 0.25) is 0 Å². The van der Waals surface area contributed by atoms with Crippen molar-refractivity contribution >= 4 is 17.3 Å². The van der Waals surface area contributed by atoms with Gasteiger partial charge in [0.25, 0.3) is 0 Å². The number of aliphatic hydroxyl groups is 1. The van der Waals surface area contributed by atoms with E-state index < -0.39 is 6.10 Å². The van der Waals surface area contributed by atoms with Crippen molar-refractivity contribution in [3.8, 4) is 0 Å². The summed E-state index contributed by atoms with van der Waals surface area (Å²) in [6.07, 6.45) is 3.03. The van der Waals surface area contributed by atoms with Crippen LogP contribution in [0.3, 0.4) is 0 Å². The summed E-state index contributed by atoms with van der Waals surface area (Å²) in [6, 6.07) is 8.45. The Morgan fingerprint density at radius 2 is 2.09 bits per heavy atom. The molecule has 1 aromatic carbocycles. The van der Waals surface area contributed by atoms with Crippen LogP contribution in [0.5, 0.6) is 0 Å². The maximum absolute atomic E-state index is 13.2. The highest BCUT2D eigenvalue weighted by Crippen LogP contribution is 2.56. The number of hydrogen-bond acceptors (Lipinski definition) is 4. The smallest absolute Gasteiger partial charge is 0.141 e. The highest BCUT2D eigenvalue weighted by molar-refractivity contribution is 6.31. The number of anilines is 1. The van der Waals surface area contributed by atoms with Crippen molar-refractivity contribution in [3.63, 3.8) is 0 Å². The molecule has 1 unspecified atom stereocenters. The summed E-state index contributed by atoms with van der Waals surface area (Å²) in [5.41, 5.74) is 1.88. The van der Waals surface area contributed by atoms with Gasteiger partial charge in [0.05, 0.1) is 10.7 Å². The highest BCUT2D eigenvalue weighted by atomic mass is 35.5. The van der Waals surface area contributed by atoms with E-state index in [9.17, 15) is 9.50 Å². The minimum absolute atomic E-state index is 0.160. The lowest BCUT2D eigenvalue weighted by molar-refractivity contribution is -0.0526. The summed E-state index contributed by atoms with van der Waals surface area (Å²) < 4.78 is 13.2. The minimum Gasteiger partial charge on any atom is -0.386 e. The predicted octanol–water partition coefficient (Wildman–Crippen LogP) is 3.22. The first-order chi connectivity index (χ1) is 11.1. The van der Waals surface area contributed by atoms with Crippen LogP contribution < -0.4 is 4.90 Å². The Morgan fingerprint density at radius 3 is 2.74 bits per heavy atom. The molecule has 2 aromatic rings. The van der Waals surface area contributed by atoms with Crippen molar-refractivity contribution in [2.24, 2.45) is 11.3 Å². The first-order valence-corrected chi connectivity index (χ1v) is 8.10. The van der Waals surface area contributed by atoms with Crippen LogP contribution in [-0.4, -0.2) is 28.4 Å². The topological polar surface area (TPSA) is 49.3 Å². The molecule has 2 fully saturated rings. The van der Waals surface area contributed by atoms with Crippen LogP contribution in [0.4, 0.5) is 10.1 Å². The Bertz CT molecular complexity index is 713. The second-order valence-electron chi connectivity index (χ2n) is 6.72. The monoisotopic (exact) mass is 333 g/mol. The van der Waals surface area contributed by atoms with Crippen LogP contribution >= 0.6 is 11.6 Å². The van der Waals surface area contributed by atoms with Crippen LogP contribution in [0.25, 0.3) is 0 Å². The molecule has 6 heteroatoms. The van der Waals surface area contributed by atoms with Gasteiger partial charge in [-0.25, -0.2) is 4.39 Å². The third kappa shape index (κ3) is 2.58. The van der Waals surface area contributed by atoms with Gasteiger partial charge in [0.15, 0.2) is 0 Å². The van der Waals surface area contributed by atoms with Gasteiger partial charge in [-0.15, -0.1) is 0 Å². The largest absolute Gasteiger partial charge is 0.386 e. The molecule has 23 heavy (non-hydrogen) atoms. The molecular formula is C17H17ClFN3O. The fourth-order valence-corrected chi connectivity index (χ4v) is 4.05. The second-order valence-corrected chi connectivity index (χ2v) is 7.12. The average molecular weight is 334 g/mol. The molecule has 1 saturated carbocycles. The van der Waals surface area contributed by atoms with Gasteiger partial charge >= 0.3 is 0 Å². The van der Waals surface area contributed by atoms with E-state index in [1.165, 1.54) is 6.07 Å². The molecule has 120 valence electrons. The van der Waals surface area contributed by atoms with E-state index in [1.54, 1.807) is 24.4 Å². The maximum Gasteiger partial charge on any atom is 0.141 e. The number of aromatic nitrogens is 2. The van der Waals surface area contributed by atoms with E-state index in [0.717, 1.165) is 31.6 Å². The quantitative estimate of drug-likeness (QED) is 0.937. The zero-order valence-corrected chi connectivity index (χ0v) is 13.2. The van der Waals surface area contributed by atoms with Crippen LogP contribution in [0.15, 0.2) is 36.5 Å². The number of nitrogens with zero attached hydrogens (tertiary/aromatic N) is 3. The first kappa shape index (κ1) is 14.8. The Hall–Kier alpha value is -1.72. The van der Waals surface area contributed by atoms with Gasteiger partial charge in [-0.3, -0.25) is 0 Å². The molecule has 1 aliphatic heterocycles. The molecule has 1 saturated heterocycles. The molecule has 4 nitrogen and oxygen atoms in total. The van der Waals surface area contributed by atoms with Crippen molar-refractivity contribution in [1.82, 2.24) is 10.2 Å². The van der Waals surface area contributed by atoms with Crippen molar-refractivity contribution in [2.45, 2.75) is 18.9 Å². The summed E-state index contributed by atoms with van der Waals surface area (Å²) in [4.78, 5) is 2.20. The molecule has 1 spiro atoms. The molecule has 1 aromatic heterocycles. The van der Waals surface area contributed by atoms with E-state index in [0.29, 0.717) is 5.69 Å². The first-order valence-electron chi connectivity index (χ1n) is 7.72. The third-order valence-electron chi connectivity index (χ3n) is 5.05. The molecule has 1 atom stereocenters. The number of aliphatic hydroxyl groups excluding tert-OH is 1. The Kier molecular flexibility index (Phi) is 3.50. The van der Waals surface area contributed by atoms with Crippen molar-refractivity contribution in [3.05, 3.63) is 53.1 Å². The Morgan fingerprint density at radius 1 is 1.30 bits per heavy atom. The van der Waals surface area contributed by atoms with Crippen molar-refractivity contribution < 1.29 is 9.50 Å². The van der Waals surface area contributed by atoms with E-state index in [2.05, 4.69) is 15.1 Å². The van der Waals surface area contributed by atoms with E-state index in [4.69, 9.17) is 11.6 Å². The minimum atomic E-state index is -0.538. The van der Waals surface area contributed by atoms with Gasteiger partial charge in [0.1, 0.15) is 11.9 Å². The molecule has 0 amide bonds. The van der Waals surface area contributed by atoms with Crippen LogP contribution in [0.2, 0.25) is 5.02 Å². The molecular weight excluding hydrogens is 317 g/mol. The molecule has 1 N–H and O–H groups in total. The normalized spacial score (nSPS) is 20.9. The average Bonchev–Trinajstić information content (AvgIpc) is 2.48. The van der Waals surface area contributed by atoms with Gasteiger partial charge in [-0.1, -0.05) is 11.6 Å². The molecule has 4 rings (SSSR count). The number of hydrogen-bond donors (Lipinski definition) is 1. The van der Waals surface area contributed by atoms with Gasteiger partial charge < -0.3 is 10.0 Å². The van der Waals surface area contributed by atoms with E-state index in [-0.39, 0.29) is 22.2 Å². The molecule has 1 aliphatic carbocycles. The van der Waals surface area contributed by atoms with Crippen LogP contribution in [-0.2, 0) is 0 Å². The maximum atomic E-state index is 13.2. The highest BCUT2D eigenvalue weighted by Gasteiger charge is 2.54. The van der Waals surface area contributed by atoms with Crippen molar-refractivity contribution in [2.75, 3.05) is 18.0 Å². The summed E-state index contributed by atoms with van der Waals surface area (Å²) in [5, 5.41) is 18.3. The van der Waals surface area contributed by atoms with Gasteiger partial charge in [0, 0.05) is 30.4 Å².